The number of nitrogens with zero attached hydrogens (tertiary/aromatic N) is 4. The fourth-order valence-corrected chi connectivity index (χ4v) is 2.42. The van der Waals surface area contributed by atoms with Crippen molar-refractivity contribution in [3.63, 3.8) is 0 Å². The van der Waals surface area contributed by atoms with Crippen molar-refractivity contribution >= 4 is 28.9 Å². The van der Waals surface area contributed by atoms with E-state index in [9.17, 15) is 9.59 Å². The number of ketones is 1. The van der Waals surface area contributed by atoms with Crippen LogP contribution in [0.1, 0.15) is 27.2 Å². The molecule has 0 saturated heterocycles. The van der Waals surface area contributed by atoms with Crippen LogP contribution in [0, 0.1) is 5.92 Å². The molecule has 2 aromatic heterocycles. The molecule has 0 saturated carbocycles. The summed E-state index contributed by atoms with van der Waals surface area (Å²) in [6, 6.07) is 0. The lowest BCUT2D eigenvalue weighted by Gasteiger charge is -2.21. The minimum atomic E-state index is -0.468. The Morgan fingerprint density at radius 1 is 1.36 bits per heavy atom. The Bertz CT molecular complexity index is 697. The maximum Gasteiger partial charge on any atom is 0.302 e. The fraction of sp³-hybridized carbons (Fsp3) is 0.500. The van der Waals surface area contributed by atoms with Crippen LogP contribution < -0.4 is 5.73 Å². The normalized spacial score (nSPS) is 13.8. The topological polar surface area (TPSA) is 113 Å². The Morgan fingerprint density at radius 3 is 2.73 bits per heavy atom. The van der Waals surface area contributed by atoms with Crippen LogP contribution in [0.3, 0.4) is 0 Å². The highest BCUT2D eigenvalue weighted by Crippen LogP contribution is 2.17. The van der Waals surface area contributed by atoms with Gasteiger partial charge >= 0.3 is 5.97 Å². The summed E-state index contributed by atoms with van der Waals surface area (Å²) in [5.41, 5.74) is 6.84. The van der Waals surface area contributed by atoms with Gasteiger partial charge in [0, 0.05) is 13.5 Å². The Hall–Kier alpha value is -2.51. The minimum Gasteiger partial charge on any atom is -0.462 e. The first-order chi connectivity index (χ1) is 10.4. The number of anilines is 1. The van der Waals surface area contributed by atoms with E-state index >= 15 is 0 Å². The number of esters is 1. The molecule has 0 aromatic carbocycles. The van der Waals surface area contributed by atoms with E-state index in [0.717, 1.165) is 0 Å². The van der Waals surface area contributed by atoms with Crippen molar-refractivity contribution in [1.29, 1.82) is 0 Å². The van der Waals surface area contributed by atoms with Crippen LogP contribution in [0.25, 0.3) is 11.2 Å². The van der Waals surface area contributed by atoms with Gasteiger partial charge in [0.25, 0.3) is 0 Å². The second-order valence-electron chi connectivity index (χ2n) is 5.20. The van der Waals surface area contributed by atoms with Crippen molar-refractivity contribution in [2.75, 3.05) is 5.73 Å². The quantitative estimate of drug-likeness (QED) is 0.790. The summed E-state index contributed by atoms with van der Waals surface area (Å²) < 4.78 is 6.93. The van der Waals surface area contributed by atoms with Gasteiger partial charge in [0.15, 0.2) is 5.65 Å². The van der Waals surface area contributed by atoms with E-state index < -0.39 is 12.1 Å². The number of hydrogen-bond acceptors (Lipinski definition) is 7. The molecule has 2 rings (SSSR count). The highest BCUT2D eigenvalue weighted by Gasteiger charge is 2.24. The molecular formula is C14H19N5O3. The van der Waals surface area contributed by atoms with E-state index in [-0.39, 0.29) is 17.6 Å². The number of aromatic nitrogens is 4. The summed E-state index contributed by atoms with van der Waals surface area (Å²) in [5.74, 6) is -0.620. The van der Waals surface area contributed by atoms with Gasteiger partial charge in [0.2, 0.25) is 5.95 Å². The van der Waals surface area contributed by atoms with Gasteiger partial charge in [-0.1, -0.05) is 0 Å². The van der Waals surface area contributed by atoms with Crippen molar-refractivity contribution in [2.45, 2.75) is 39.8 Å². The summed E-state index contributed by atoms with van der Waals surface area (Å²) in [4.78, 5) is 35.0. The van der Waals surface area contributed by atoms with Crippen LogP contribution in [0.4, 0.5) is 5.95 Å². The number of nitrogen functional groups attached to an aromatic ring is 1. The molecule has 8 heteroatoms. The molecule has 0 amide bonds. The number of nitrogens with two attached hydrogens (primary N) is 1. The molecule has 2 heterocycles. The maximum absolute atomic E-state index is 11.8. The summed E-state index contributed by atoms with van der Waals surface area (Å²) in [6.07, 6.45) is 3.23. The Labute approximate surface area is 127 Å². The first-order valence-electron chi connectivity index (χ1n) is 6.99. The SMILES string of the molecule is CC(=O)OC(C)C(CCn1cnc2cnc(N)nc21)C(C)=O. The number of carbonyl (C=O) groups excluding carboxylic acids is 2. The second-order valence-corrected chi connectivity index (χ2v) is 5.20. The van der Waals surface area contributed by atoms with E-state index in [4.69, 9.17) is 10.5 Å². The lowest BCUT2D eigenvalue weighted by Crippen LogP contribution is -2.29. The highest BCUT2D eigenvalue weighted by atomic mass is 16.5. The van der Waals surface area contributed by atoms with E-state index in [1.807, 2.05) is 4.57 Å². The largest absolute Gasteiger partial charge is 0.462 e. The smallest absolute Gasteiger partial charge is 0.302 e. The van der Waals surface area contributed by atoms with Crippen LogP contribution in [0.5, 0.6) is 0 Å². The molecule has 8 nitrogen and oxygen atoms in total. The molecule has 0 bridgehead atoms. The zero-order chi connectivity index (χ0) is 16.3. The molecule has 0 fully saturated rings. The van der Waals surface area contributed by atoms with E-state index in [0.29, 0.717) is 24.1 Å². The first-order valence-corrected chi connectivity index (χ1v) is 6.99. The third kappa shape index (κ3) is 3.57. The number of hydrogen-bond donors (Lipinski definition) is 1. The molecule has 0 aliphatic heterocycles. The standard InChI is InChI=1S/C14H19N5O3/c1-8(20)11(9(2)22-10(3)21)4-5-19-7-17-12-6-16-14(15)18-13(12)19/h6-7,9,11H,4-5H2,1-3H3,(H2,15,16,18). The zero-order valence-electron chi connectivity index (χ0n) is 12.8. The summed E-state index contributed by atoms with van der Waals surface area (Å²) in [6.45, 7) is 5.07. The van der Waals surface area contributed by atoms with Gasteiger partial charge in [-0.05, 0) is 20.3 Å². The van der Waals surface area contributed by atoms with E-state index in [1.165, 1.54) is 13.8 Å². The predicted octanol–water partition coefficient (Wildman–Crippen LogP) is 0.955. The molecule has 0 spiro atoms. The third-order valence-electron chi connectivity index (χ3n) is 3.50. The molecule has 2 N–H and O–H groups in total. The number of fused-ring (bicyclic) bond motifs is 1. The Morgan fingerprint density at radius 2 is 2.09 bits per heavy atom. The molecule has 0 radical (unpaired) electrons. The number of imidazole rings is 1. The van der Waals surface area contributed by atoms with Crippen molar-refractivity contribution in [3.05, 3.63) is 12.5 Å². The third-order valence-corrected chi connectivity index (χ3v) is 3.50. The lowest BCUT2D eigenvalue weighted by atomic mass is 9.95. The number of rotatable bonds is 6. The van der Waals surface area contributed by atoms with Crippen molar-refractivity contribution in [2.24, 2.45) is 5.92 Å². The molecule has 22 heavy (non-hydrogen) atoms. The molecule has 0 aliphatic rings. The average molecular weight is 305 g/mol. The van der Waals surface area contributed by atoms with Crippen molar-refractivity contribution < 1.29 is 14.3 Å². The number of Topliss-reactive ketones (excluding diaryl/α,β-unsaturated/α-hetero) is 1. The molecule has 2 atom stereocenters. The van der Waals surface area contributed by atoms with Gasteiger partial charge in [-0.15, -0.1) is 0 Å². The molecule has 0 aliphatic carbocycles. The summed E-state index contributed by atoms with van der Waals surface area (Å²) >= 11 is 0. The lowest BCUT2D eigenvalue weighted by molar-refractivity contribution is -0.149. The summed E-state index contributed by atoms with van der Waals surface area (Å²) in [5, 5.41) is 0. The Balaban J connectivity index is 2.12. The second kappa shape index (κ2) is 6.50. The molecular weight excluding hydrogens is 286 g/mol. The number of ether oxygens (including phenoxy) is 1. The first kappa shape index (κ1) is 15.9. The highest BCUT2D eigenvalue weighted by molar-refractivity contribution is 5.79. The van der Waals surface area contributed by atoms with Gasteiger partial charge in [-0.25, -0.2) is 9.97 Å². The fourth-order valence-electron chi connectivity index (χ4n) is 2.42. The minimum absolute atomic E-state index is 0.0210. The number of aryl methyl sites for hydroxylation is 1. The van der Waals surface area contributed by atoms with Crippen LogP contribution in [-0.2, 0) is 20.9 Å². The summed E-state index contributed by atoms with van der Waals surface area (Å²) in [7, 11) is 0. The van der Waals surface area contributed by atoms with Gasteiger partial charge in [0.05, 0.1) is 18.4 Å². The van der Waals surface area contributed by atoms with Crippen molar-refractivity contribution in [1.82, 2.24) is 19.5 Å². The Kier molecular flexibility index (Phi) is 4.69. The van der Waals surface area contributed by atoms with E-state index in [2.05, 4.69) is 15.0 Å². The van der Waals surface area contributed by atoms with Gasteiger partial charge < -0.3 is 15.0 Å². The van der Waals surface area contributed by atoms with Gasteiger partial charge in [0.1, 0.15) is 17.4 Å². The maximum atomic E-state index is 11.8. The average Bonchev–Trinajstić information content (AvgIpc) is 2.80. The van der Waals surface area contributed by atoms with Gasteiger partial charge in [-0.3, -0.25) is 9.59 Å². The zero-order valence-corrected chi connectivity index (χ0v) is 12.8. The van der Waals surface area contributed by atoms with E-state index in [1.54, 1.807) is 19.4 Å². The van der Waals surface area contributed by atoms with Crippen LogP contribution in [0.2, 0.25) is 0 Å². The van der Waals surface area contributed by atoms with Gasteiger partial charge in [-0.2, -0.15) is 4.98 Å². The van der Waals surface area contributed by atoms with Crippen molar-refractivity contribution in [3.8, 4) is 0 Å². The van der Waals surface area contributed by atoms with Crippen LogP contribution >= 0.6 is 0 Å². The predicted molar refractivity (Wildman–Crippen MR) is 79.8 cm³/mol. The monoisotopic (exact) mass is 305 g/mol. The van der Waals surface area contributed by atoms with Crippen LogP contribution in [-0.4, -0.2) is 37.4 Å². The number of carbonyl (C=O) groups is 2. The molecule has 118 valence electrons. The van der Waals surface area contributed by atoms with Crippen LogP contribution in [0.15, 0.2) is 12.5 Å². The molecule has 2 aromatic rings. The molecule has 2 unspecified atom stereocenters.